The number of morpholine rings is 1. The molecule has 3 aliphatic rings. The Labute approximate surface area is 180 Å². The summed E-state index contributed by atoms with van der Waals surface area (Å²) in [6.45, 7) is 3.78. The third-order valence-electron chi connectivity index (χ3n) is 6.84. The Kier molecular flexibility index (Phi) is 5.87. The van der Waals surface area contributed by atoms with Gasteiger partial charge in [-0.3, -0.25) is 4.90 Å². The van der Waals surface area contributed by atoms with Crippen molar-refractivity contribution in [3.05, 3.63) is 16.8 Å². The molecule has 2 aromatic rings. The molecule has 2 unspecified atom stereocenters. The van der Waals surface area contributed by atoms with Crippen LogP contribution < -0.4 is 4.74 Å². The third kappa shape index (κ3) is 3.92. The van der Waals surface area contributed by atoms with Crippen molar-refractivity contribution in [3.8, 4) is 11.9 Å². The molecule has 0 amide bonds. The first-order valence-electron chi connectivity index (χ1n) is 11.1. The van der Waals surface area contributed by atoms with E-state index in [0.717, 1.165) is 75.0 Å². The number of hydrogen-bond donors (Lipinski definition) is 1. The van der Waals surface area contributed by atoms with Gasteiger partial charge in [0.2, 0.25) is 5.88 Å². The van der Waals surface area contributed by atoms with Crippen molar-refractivity contribution in [2.24, 2.45) is 0 Å². The molecule has 1 N–H and O–H groups in total. The van der Waals surface area contributed by atoms with Gasteiger partial charge in [-0.2, -0.15) is 5.26 Å². The van der Waals surface area contributed by atoms with E-state index in [-0.39, 0.29) is 12.0 Å². The molecule has 0 bridgehead atoms. The number of fused-ring (bicyclic) bond motifs is 3. The molecule has 5 rings (SSSR count). The van der Waals surface area contributed by atoms with Gasteiger partial charge < -0.3 is 14.6 Å². The van der Waals surface area contributed by atoms with E-state index in [1.807, 2.05) is 6.07 Å². The Bertz CT molecular complexity index is 928. The van der Waals surface area contributed by atoms with Crippen LogP contribution in [0, 0.1) is 11.3 Å². The van der Waals surface area contributed by atoms with Crippen molar-refractivity contribution in [3.63, 3.8) is 0 Å². The average Bonchev–Trinajstić information content (AvgIpc) is 3.35. The first kappa shape index (κ1) is 20.1. The summed E-state index contributed by atoms with van der Waals surface area (Å²) in [4.78, 5) is 13.8. The number of aliphatic hydroxyl groups is 1. The monoisotopic (exact) mass is 428 g/mol. The number of aromatic nitrogens is 2. The molecule has 0 spiro atoms. The summed E-state index contributed by atoms with van der Waals surface area (Å²) in [5.41, 5.74) is 1.21. The zero-order valence-electron chi connectivity index (χ0n) is 17.1. The lowest BCUT2D eigenvalue weighted by Gasteiger charge is -2.38. The van der Waals surface area contributed by atoms with Crippen molar-refractivity contribution in [1.29, 1.82) is 5.26 Å². The van der Waals surface area contributed by atoms with E-state index in [9.17, 15) is 5.11 Å². The second-order valence-corrected chi connectivity index (χ2v) is 9.69. The molecule has 2 fully saturated rings. The van der Waals surface area contributed by atoms with E-state index >= 15 is 0 Å². The molecule has 160 valence electrons. The molecule has 2 aliphatic carbocycles. The van der Waals surface area contributed by atoms with Crippen LogP contribution in [-0.4, -0.2) is 64.5 Å². The van der Waals surface area contributed by atoms with Gasteiger partial charge in [-0.15, -0.1) is 11.3 Å². The van der Waals surface area contributed by atoms with E-state index < -0.39 is 6.10 Å². The second-order valence-electron chi connectivity index (χ2n) is 8.61. The smallest absolute Gasteiger partial charge is 0.225 e. The van der Waals surface area contributed by atoms with Crippen LogP contribution in [0.4, 0.5) is 0 Å². The molecule has 2 atom stereocenters. The molecule has 1 saturated carbocycles. The molecule has 1 aliphatic heterocycles. The maximum absolute atomic E-state index is 9.88. The number of hydrogen-bond acceptors (Lipinski definition) is 8. The maximum Gasteiger partial charge on any atom is 0.225 e. The summed E-state index contributed by atoms with van der Waals surface area (Å²) in [6.07, 6.45) is 7.64. The van der Waals surface area contributed by atoms with E-state index in [1.165, 1.54) is 10.4 Å². The average molecular weight is 429 g/mol. The highest BCUT2D eigenvalue weighted by Gasteiger charge is 2.33. The van der Waals surface area contributed by atoms with Crippen LogP contribution in [0.25, 0.3) is 10.2 Å². The maximum atomic E-state index is 9.88. The minimum atomic E-state index is -0.930. The quantitative estimate of drug-likeness (QED) is 0.732. The van der Waals surface area contributed by atoms with Crippen molar-refractivity contribution in [1.82, 2.24) is 14.9 Å². The second kappa shape index (κ2) is 8.75. The van der Waals surface area contributed by atoms with Gasteiger partial charge in [0.25, 0.3) is 0 Å². The zero-order valence-corrected chi connectivity index (χ0v) is 17.9. The highest BCUT2D eigenvalue weighted by Crippen LogP contribution is 2.47. The lowest BCUT2D eigenvalue weighted by Crippen LogP contribution is -2.46. The first-order chi connectivity index (χ1) is 14.7. The van der Waals surface area contributed by atoms with Gasteiger partial charge >= 0.3 is 0 Å². The molecule has 7 nitrogen and oxygen atoms in total. The van der Waals surface area contributed by atoms with Crippen molar-refractivity contribution >= 4 is 21.6 Å². The Balaban J connectivity index is 1.31. The summed E-state index contributed by atoms with van der Waals surface area (Å²) in [7, 11) is 0. The van der Waals surface area contributed by atoms with Gasteiger partial charge in [-0.25, -0.2) is 9.97 Å². The van der Waals surface area contributed by atoms with Crippen LogP contribution in [0.3, 0.4) is 0 Å². The molecule has 8 heteroatoms. The van der Waals surface area contributed by atoms with E-state index in [0.29, 0.717) is 18.3 Å². The molecular formula is C22H28N4O3S. The molecule has 0 radical (unpaired) electrons. The van der Waals surface area contributed by atoms with Crippen LogP contribution in [0.1, 0.15) is 54.9 Å². The van der Waals surface area contributed by atoms with Crippen LogP contribution in [-0.2, 0) is 11.2 Å². The number of nitriles is 1. The molecule has 30 heavy (non-hydrogen) atoms. The van der Waals surface area contributed by atoms with Gasteiger partial charge in [0.15, 0.2) is 0 Å². The standard InChI is InChI=1S/C22H28N4O3S/c23-12-16(27)11-14-1-6-18-19(14)20-21(24-13-25-22(20)30-18)29-17-4-2-15(3-5-17)26-7-9-28-10-8-26/h13-17,27H,1-11H2. The summed E-state index contributed by atoms with van der Waals surface area (Å²) in [5, 5.41) is 19.9. The Hall–Kier alpha value is -1.79. The summed E-state index contributed by atoms with van der Waals surface area (Å²) >= 11 is 1.71. The van der Waals surface area contributed by atoms with Gasteiger partial charge in [-0.05, 0) is 56.4 Å². The summed E-state index contributed by atoms with van der Waals surface area (Å²) in [6, 6.07) is 2.60. The minimum Gasteiger partial charge on any atom is -0.474 e. The number of ether oxygens (including phenoxy) is 2. The van der Waals surface area contributed by atoms with E-state index in [4.69, 9.17) is 14.7 Å². The van der Waals surface area contributed by atoms with Gasteiger partial charge in [0, 0.05) is 24.0 Å². The largest absolute Gasteiger partial charge is 0.474 e. The van der Waals surface area contributed by atoms with Crippen molar-refractivity contribution in [2.75, 3.05) is 26.3 Å². The predicted molar refractivity (Wildman–Crippen MR) is 114 cm³/mol. The molecule has 0 aromatic carbocycles. The van der Waals surface area contributed by atoms with Crippen LogP contribution >= 0.6 is 11.3 Å². The fourth-order valence-corrected chi connectivity index (χ4v) is 6.55. The molecular weight excluding hydrogens is 400 g/mol. The van der Waals surface area contributed by atoms with Crippen molar-refractivity contribution in [2.45, 2.75) is 69.1 Å². The fraction of sp³-hybridized carbons (Fsp3) is 0.682. The molecule has 3 heterocycles. The van der Waals surface area contributed by atoms with Gasteiger partial charge in [0.05, 0.1) is 24.7 Å². The topological polar surface area (TPSA) is 91.5 Å². The minimum absolute atomic E-state index is 0.175. The lowest BCUT2D eigenvalue weighted by molar-refractivity contribution is -0.00126. The molecule has 2 aromatic heterocycles. The van der Waals surface area contributed by atoms with E-state index in [2.05, 4.69) is 14.9 Å². The number of thiophene rings is 1. The number of aliphatic hydroxyl groups excluding tert-OH is 1. The van der Waals surface area contributed by atoms with Gasteiger partial charge in [-0.1, -0.05) is 0 Å². The Morgan fingerprint density at radius 3 is 2.80 bits per heavy atom. The van der Waals surface area contributed by atoms with Crippen LogP contribution in [0.2, 0.25) is 0 Å². The van der Waals surface area contributed by atoms with Crippen molar-refractivity contribution < 1.29 is 14.6 Å². The third-order valence-corrected chi connectivity index (χ3v) is 8.01. The first-order valence-corrected chi connectivity index (χ1v) is 11.9. The number of aryl methyl sites for hydroxylation is 1. The normalized spacial score (nSPS) is 28.2. The fourth-order valence-electron chi connectivity index (χ4n) is 5.32. The lowest BCUT2D eigenvalue weighted by atomic mass is 9.91. The van der Waals surface area contributed by atoms with Crippen LogP contribution in [0.15, 0.2) is 6.33 Å². The van der Waals surface area contributed by atoms with Crippen LogP contribution in [0.5, 0.6) is 5.88 Å². The predicted octanol–water partition coefficient (Wildman–Crippen LogP) is 3.02. The molecule has 1 saturated heterocycles. The highest BCUT2D eigenvalue weighted by molar-refractivity contribution is 7.19. The van der Waals surface area contributed by atoms with Gasteiger partial charge in [0.1, 0.15) is 23.4 Å². The van der Waals surface area contributed by atoms with E-state index in [1.54, 1.807) is 17.7 Å². The summed E-state index contributed by atoms with van der Waals surface area (Å²) in [5.74, 6) is 0.861. The Morgan fingerprint density at radius 2 is 2.03 bits per heavy atom. The highest BCUT2D eigenvalue weighted by atomic mass is 32.1. The zero-order chi connectivity index (χ0) is 20.5. The number of nitrogens with zero attached hydrogens (tertiary/aromatic N) is 4. The SMILES string of the molecule is N#CC(O)CC1CCc2sc3ncnc(OC4CCC(N5CCOCC5)CC4)c3c21. The number of rotatable bonds is 5. The Morgan fingerprint density at radius 1 is 1.23 bits per heavy atom. The summed E-state index contributed by atoms with van der Waals surface area (Å²) < 4.78 is 11.9.